The van der Waals surface area contributed by atoms with E-state index in [1.807, 2.05) is 25.1 Å². The van der Waals surface area contributed by atoms with Gasteiger partial charge in [0.05, 0.1) is 35.4 Å². The molecule has 0 unspecified atom stereocenters. The molecule has 7 heteroatoms. The third-order valence-electron chi connectivity index (χ3n) is 4.45. The fourth-order valence-corrected chi connectivity index (χ4v) is 4.04. The molecule has 0 amide bonds. The number of aromatic nitrogens is 2. The number of benzene rings is 1. The Morgan fingerprint density at radius 1 is 1.15 bits per heavy atom. The van der Waals surface area contributed by atoms with Gasteiger partial charge in [-0.1, -0.05) is 23.5 Å². The summed E-state index contributed by atoms with van der Waals surface area (Å²) in [5, 5.41) is 9.71. The maximum atomic E-state index is 9.20. The van der Waals surface area contributed by atoms with Gasteiger partial charge in [0.15, 0.2) is 5.13 Å². The van der Waals surface area contributed by atoms with Crippen LogP contribution < -0.4 is 10.6 Å². The Morgan fingerprint density at radius 2 is 1.96 bits per heavy atom. The van der Waals surface area contributed by atoms with E-state index in [4.69, 9.17) is 15.5 Å². The molecule has 3 aromatic rings. The molecule has 1 aromatic carbocycles. The van der Waals surface area contributed by atoms with E-state index >= 15 is 0 Å². The number of morpholine rings is 1. The minimum absolute atomic E-state index is 0.504. The van der Waals surface area contributed by atoms with Crippen molar-refractivity contribution >= 4 is 22.3 Å². The predicted octanol–water partition coefficient (Wildman–Crippen LogP) is 3.47. The van der Waals surface area contributed by atoms with Gasteiger partial charge in [-0.25, -0.2) is 9.97 Å². The van der Waals surface area contributed by atoms with E-state index < -0.39 is 0 Å². The Bertz CT molecular complexity index is 1020. The van der Waals surface area contributed by atoms with E-state index in [0.717, 1.165) is 46.3 Å². The summed E-state index contributed by atoms with van der Waals surface area (Å²) in [5.41, 5.74) is 10.3. The van der Waals surface area contributed by atoms with Crippen LogP contribution in [0.15, 0.2) is 36.4 Å². The Labute approximate surface area is 161 Å². The number of hydrogen-bond donors (Lipinski definition) is 1. The number of pyridine rings is 1. The SMILES string of the molecule is Cc1cc(-c2sc(N)nc2-c2cccc(C#N)c2)cc(N2CCOCC2)n1. The highest BCUT2D eigenvalue weighted by molar-refractivity contribution is 7.19. The van der Waals surface area contributed by atoms with Crippen LogP contribution in [0.5, 0.6) is 0 Å². The minimum Gasteiger partial charge on any atom is -0.378 e. The number of anilines is 2. The van der Waals surface area contributed by atoms with E-state index in [9.17, 15) is 5.26 Å². The summed E-state index contributed by atoms with van der Waals surface area (Å²) in [5.74, 6) is 0.942. The molecule has 0 atom stereocenters. The van der Waals surface area contributed by atoms with Crippen LogP contribution in [-0.4, -0.2) is 36.3 Å². The van der Waals surface area contributed by atoms with Crippen LogP contribution >= 0.6 is 11.3 Å². The smallest absolute Gasteiger partial charge is 0.181 e. The van der Waals surface area contributed by atoms with Crippen molar-refractivity contribution < 1.29 is 4.74 Å². The minimum atomic E-state index is 0.504. The van der Waals surface area contributed by atoms with Crippen LogP contribution in [0.2, 0.25) is 0 Å². The van der Waals surface area contributed by atoms with Crippen LogP contribution in [0.25, 0.3) is 21.7 Å². The molecule has 6 nitrogen and oxygen atoms in total. The summed E-state index contributed by atoms with van der Waals surface area (Å²) in [6, 6.07) is 13.8. The van der Waals surface area contributed by atoms with Crippen molar-refractivity contribution in [2.24, 2.45) is 0 Å². The summed E-state index contributed by atoms with van der Waals surface area (Å²) in [6.07, 6.45) is 0. The maximum Gasteiger partial charge on any atom is 0.181 e. The van der Waals surface area contributed by atoms with Crippen molar-refractivity contribution in [3.63, 3.8) is 0 Å². The molecule has 1 aliphatic rings. The number of nitriles is 1. The number of nitrogens with two attached hydrogens (primary N) is 1. The second-order valence-corrected chi connectivity index (χ2v) is 7.41. The van der Waals surface area contributed by atoms with Gasteiger partial charge >= 0.3 is 0 Å². The fourth-order valence-electron chi connectivity index (χ4n) is 3.20. The average molecular weight is 377 g/mol. The maximum absolute atomic E-state index is 9.20. The quantitative estimate of drug-likeness (QED) is 0.752. The second kappa shape index (κ2) is 7.35. The lowest BCUT2D eigenvalue weighted by Gasteiger charge is -2.28. The van der Waals surface area contributed by atoms with Crippen LogP contribution in [0.4, 0.5) is 10.9 Å². The molecule has 0 aliphatic carbocycles. The molecule has 0 bridgehead atoms. The number of hydrogen-bond acceptors (Lipinski definition) is 7. The highest BCUT2D eigenvalue weighted by Gasteiger charge is 2.18. The van der Waals surface area contributed by atoms with Crippen molar-refractivity contribution in [3.05, 3.63) is 47.7 Å². The van der Waals surface area contributed by atoms with E-state index in [-0.39, 0.29) is 0 Å². The summed E-state index contributed by atoms with van der Waals surface area (Å²) in [6.45, 7) is 5.08. The number of thiazole rings is 1. The van der Waals surface area contributed by atoms with E-state index in [1.54, 1.807) is 6.07 Å². The topological polar surface area (TPSA) is 88.1 Å². The predicted molar refractivity (Wildman–Crippen MR) is 108 cm³/mol. The van der Waals surface area contributed by atoms with E-state index in [1.165, 1.54) is 11.3 Å². The normalized spacial score (nSPS) is 14.1. The summed E-state index contributed by atoms with van der Waals surface area (Å²) < 4.78 is 5.45. The first-order valence-electron chi connectivity index (χ1n) is 8.72. The number of nitrogens with zero attached hydrogens (tertiary/aromatic N) is 4. The molecule has 1 fully saturated rings. The van der Waals surface area contributed by atoms with Gasteiger partial charge in [0.25, 0.3) is 0 Å². The molecule has 0 radical (unpaired) electrons. The lowest BCUT2D eigenvalue weighted by atomic mass is 10.0. The first-order chi connectivity index (χ1) is 13.1. The molecule has 136 valence electrons. The van der Waals surface area contributed by atoms with Crippen molar-refractivity contribution in [3.8, 4) is 27.8 Å². The Kier molecular flexibility index (Phi) is 4.75. The van der Waals surface area contributed by atoms with Gasteiger partial charge in [0.1, 0.15) is 5.82 Å². The number of ether oxygens (including phenoxy) is 1. The molecule has 2 N–H and O–H groups in total. The third-order valence-corrected chi connectivity index (χ3v) is 5.38. The van der Waals surface area contributed by atoms with Crippen molar-refractivity contribution in [2.45, 2.75) is 6.92 Å². The molecule has 2 aromatic heterocycles. The third kappa shape index (κ3) is 3.63. The van der Waals surface area contributed by atoms with Gasteiger partial charge in [0, 0.05) is 24.3 Å². The highest BCUT2D eigenvalue weighted by atomic mass is 32.1. The molecule has 4 rings (SSSR count). The first kappa shape index (κ1) is 17.5. The standard InChI is InChI=1S/C20H19N5OS/c1-13-9-16(11-17(23-13)25-5-7-26-8-6-25)19-18(24-20(22)27-19)15-4-2-3-14(10-15)12-21/h2-4,9-11H,5-8H2,1H3,(H2,22,24). The second-order valence-electron chi connectivity index (χ2n) is 6.38. The number of nitrogen functional groups attached to an aromatic ring is 1. The Balaban J connectivity index is 1.80. The average Bonchev–Trinajstić information content (AvgIpc) is 3.10. The molecule has 27 heavy (non-hydrogen) atoms. The molecule has 3 heterocycles. The van der Waals surface area contributed by atoms with Crippen LogP contribution in [0.1, 0.15) is 11.3 Å². The largest absolute Gasteiger partial charge is 0.378 e. The highest BCUT2D eigenvalue weighted by Crippen LogP contribution is 2.39. The Morgan fingerprint density at radius 3 is 2.74 bits per heavy atom. The zero-order valence-electron chi connectivity index (χ0n) is 15.0. The number of rotatable bonds is 3. The van der Waals surface area contributed by atoms with Gasteiger partial charge in [0.2, 0.25) is 0 Å². The summed E-state index contributed by atoms with van der Waals surface area (Å²) >= 11 is 1.45. The zero-order valence-corrected chi connectivity index (χ0v) is 15.8. The molecular formula is C20H19N5OS. The molecule has 0 spiro atoms. The lowest BCUT2D eigenvalue weighted by molar-refractivity contribution is 0.122. The van der Waals surface area contributed by atoms with Gasteiger partial charge in [-0.2, -0.15) is 5.26 Å². The van der Waals surface area contributed by atoms with Gasteiger partial charge in [-0.15, -0.1) is 0 Å². The fraction of sp³-hybridized carbons (Fsp3) is 0.250. The van der Waals surface area contributed by atoms with Crippen molar-refractivity contribution in [2.75, 3.05) is 36.9 Å². The first-order valence-corrected chi connectivity index (χ1v) is 9.54. The zero-order chi connectivity index (χ0) is 18.8. The molecular weight excluding hydrogens is 358 g/mol. The van der Waals surface area contributed by atoms with Crippen molar-refractivity contribution in [1.29, 1.82) is 5.26 Å². The summed E-state index contributed by atoms with van der Waals surface area (Å²) in [7, 11) is 0. The monoisotopic (exact) mass is 377 g/mol. The van der Waals surface area contributed by atoms with Crippen molar-refractivity contribution in [1.82, 2.24) is 9.97 Å². The van der Waals surface area contributed by atoms with Gasteiger partial charge < -0.3 is 15.4 Å². The molecule has 1 saturated heterocycles. The lowest BCUT2D eigenvalue weighted by Crippen LogP contribution is -2.36. The van der Waals surface area contributed by atoms with E-state index in [2.05, 4.69) is 28.1 Å². The van der Waals surface area contributed by atoms with Gasteiger partial charge in [-0.3, -0.25) is 0 Å². The van der Waals surface area contributed by atoms with Crippen LogP contribution in [0, 0.1) is 18.3 Å². The Hall–Kier alpha value is -2.95. The van der Waals surface area contributed by atoms with Gasteiger partial charge in [-0.05, 0) is 36.8 Å². The van der Waals surface area contributed by atoms with Crippen LogP contribution in [-0.2, 0) is 4.74 Å². The number of aryl methyl sites for hydroxylation is 1. The summed E-state index contributed by atoms with van der Waals surface area (Å²) in [4.78, 5) is 12.5. The molecule has 0 saturated carbocycles. The molecule has 1 aliphatic heterocycles. The van der Waals surface area contributed by atoms with E-state index in [0.29, 0.717) is 23.9 Å². The van der Waals surface area contributed by atoms with Crippen LogP contribution in [0.3, 0.4) is 0 Å².